The molecule has 3 rings (SSSR count). The first-order chi connectivity index (χ1) is 11.5. The number of ether oxygens (including phenoxy) is 2. The maximum Gasteiger partial charge on any atom is 0.271 e. The van der Waals surface area contributed by atoms with Gasteiger partial charge in [-0.25, -0.2) is 4.98 Å². The molecule has 1 aromatic carbocycles. The van der Waals surface area contributed by atoms with Crippen LogP contribution in [0.5, 0.6) is 11.5 Å². The quantitative estimate of drug-likeness (QED) is 0.706. The monoisotopic (exact) mass is 344 g/mol. The van der Waals surface area contributed by atoms with Gasteiger partial charge in [0.1, 0.15) is 4.70 Å². The van der Waals surface area contributed by atoms with Gasteiger partial charge < -0.3 is 9.47 Å². The number of thiophene rings is 1. The van der Waals surface area contributed by atoms with Crippen molar-refractivity contribution in [3.8, 4) is 22.6 Å². The van der Waals surface area contributed by atoms with Gasteiger partial charge >= 0.3 is 0 Å². The lowest BCUT2D eigenvalue weighted by molar-refractivity contribution is 0.355. The molecule has 0 amide bonds. The van der Waals surface area contributed by atoms with Crippen molar-refractivity contribution in [3.63, 3.8) is 0 Å². The molecule has 0 radical (unpaired) electrons. The summed E-state index contributed by atoms with van der Waals surface area (Å²) < 4.78 is 13.0. The Kier molecular flexibility index (Phi) is 4.57. The molecule has 6 heteroatoms. The highest BCUT2D eigenvalue weighted by molar-refractivity contribution is 7.17. The molecule has 0 N–H and O–H groups in total. The van der Waals surface area contributed by atoms with E-state index >= 15 is 0 Å². The second kappa shape index (κ2) is 6.65. The van der Waals surface area contributed by atoms with E-state index in [-0.39, 0.29) is 5.56 Å². The summed E-state index contributed by atoms with van der Waals surface area (Å²) >= 11 is 1.43. The number of benzene rings is 1. The number of hydrogen-bond acceptors (Lipinski definition) is 5. The van der Waals surface area contributed by atoms with Crippen molar-refractivity contribution in [1.29, 1.82) is 0 Å². The molecule has 2 aromatic heterocycles. The standard InChI is InChI=1S/C18H20N2O3S/c1-11(2)8-20-10-19-16-13(9-24-17(16)18(20)21)12-5-6-14(22-3)15(7-12)23-4/h5-7,9-11H,8H2,1-4H3. The lowest BCUT2D eigenvalue weighted by Crippen LogP contribution is -2.22. The smallest absolute Gasteiger partial charge is 0.271 e. The molecule has 2 heterocycles. The van der Waals surface area contributed by atoms with Crippen molar-refractivity contribution in [2.75, 3.05) is 14.2 Å². The summed E-state index contributed by atoms with van der Waals surface area (Å²) in [5, 5.41) is 1.97. The highest BCUT2D eigenvalue weighted by Crippen LogP contribution is 2.36. The van der Waals surface area contributed by atoms with Crippen molar-refractivity contribution >= 4 is 21.6 Å². The highest BCUT2D eigenvalue weighted by atomic mass is 32.1. The number of nitrogens with zero attached hydrogens (tertiary/aromatic N) is 2. The van der Waals surface area contributed by atoms with Gasteiger partial charge in [-0.3, -0.25) is 9.36 Å². The highest BCUT2D eigenvalue weighted by Gasteiger charge is 2.14. The molecule has 0 saturated carbocycles. The first kappa shape index (κ1) is 16.5. The van der Waals surface area contributed by atoms with E-state index in [1.807, 2.05) is 23.6 Å². The first-order valence-corrected chi connectivity index (χ1v) is 8.62. The molecular weight excluding hydrogens is 324 g/mol. The van der Waals surface area contributed by atoms with E-state index in [9.17, 15) is 4.79 Å². The summed E-state index contributed by atoms with van der Waals surface area (Å²) in [5.74, 6) is 1.72. The van der Waals surface area contributed by atoms with Gasteiger partial charge in [0.15, 0.2) is 11.5 Å². The van der Waals surface area contributed by atoms with Crippen LogP contribution in [0.3, 0.4) is 0 Å². The Morgan fingerprint density at radius 3 is 2.62 bits per heavy atom. The topological polar surface area (TPSA) is 53.4 Å². The average Bonchev–Trinajstić information content (AvgIpc) is 3.01. The van der Waals surface area contributed by atoms with Crippen LogP contribution in [0.1, 0.15) is 13.8 Å². The fraction of sp³-hybridized carbons (Fsp3) is 0.333. The minimum atomic E-state index is 0.0189. The molecular formula is C18H20N2O3S. The molecule has 0 saturated heterocycles. The van der Waals surface area contributed by atoms with E-state index in [1.165, 1.54) is 11.3 Å². The zero-order chi connectivity index (χ0) is 17.3. The fourth-order valence-electron chi connectivity index (χ4n) is 2.67. The maximum atomic E-state index is 12.6. The number of aromatic nitrogens is 2. The normalized spacial score (nSPS) is 11.2. The van der Waals surface area contributed by atoms with Crippen molar-refractivity contribution in [3.05, 3.63) is 40.3 Å². The third-order valence-corrected chi connectivity index (χ3v) is 4.76. The van der Waals surface area contributed by atoms with E-state index in [0.29, 0.717) is 28.7 Å². The van der Waals surface area contributed by atoms with Crippen molar-refractivity contribution < 1.29 is 9.47 Å². The molecule has 0 unspecified atom stereocenters. The van der Waals surface area contributed by atoms with Crippen LogP contribution in [-0.4, -0.2) is 23.8 Å². The average molecular weight is 344 g/mol. The van der Waals surface area contributed by atoms with Crippen LogP contribution in [-0.2, 0) is 6.54 Å². The Labute approximate surface area is 144 Å². The summed E-state index contributed by atoms with van der Waals surface area (Å²) in [6.45, 7) is 4.84. The third kappa shape index (κ3) is 2.89. The molecule has 0 aliphatic carbocycles. The molecule has 0 atom stereocenters. The minimum absolute atomic E-state index is 0.0189. The molecule has 3 aromatic rings. The van der Waals surface area contributed by atoms with E-state index in [1.54, 1.807) is 25.1 Å². The van der Waals surface area contributed by atoms with Gasteiger partial charge in [-0.2, -0.15) is 0 Å². The fourth-order valence-corrected chi connectivity index (χ4v) is 3.65. The number of hydrogen-bond donors (Lipinski definition) is 0. The Morgan fingerprint density at radius 2 is 1.96 bits per heavy atom. The van der Waals surface area contributed by atoms with Crippen LogP contribution in [0.25, 0.3) is 21.3 Å². The van der Waals surface area contributed by atoms with E-state index in [4.69, 9.17) is 9.47 Å². The van der Waals surface area contributed by atoms with Crippen LogP contribution in [0.2, 0.25) is 0 Å². The molecule has 0 spiro atoms. The van der Waals surface area contributed by atoms with Gasteiger partial charge in [0.2, 0.25) is 0 Å². The first-order valence-electron chi connectivity index (χ1n) is 7.74. The van der Waals surface area contributed by atoms with Crippen LogP contribution in [0, 0.1) is 5.92 Å². The molecule has 0 fully saturated rings. The van der Waals surface area contributed by atoms with Crippen LogP contribution < -0.4 is 15.0 Å². The Hall–Kier alpha value is -2.34. The number of rotatable bonds is 5. The van der Waals surface area contributed by atoms with Gasteiger partial charge in [-0.05, 0) is 23.6 Å². The second-order valence-electron chi connectivity index (χ2n) is 5.99. The summed E-state index contributed by atoms with van der Waals surface area (Å²) in [6, 6.07) is 5.71. The van der Waals surface area contributed by atoms with Crippen LogP contribution in [0.15, 0.2) is 34.7 Å². The Morgan fingerprint density at radius 1 is 1.21 bits per heavy atom. The summed E-state index contributed by atoms with van der Waals surface area (Å²) in [5.41, 5.74) is 2.64. The molecule has 0 aliphatic rings. The lowest BCUT2D eigenvalue weighted by Gasteiger charge is -2.10. The largest absolute Gasteiger partial charge is 0.493 e. The summed E-state index contributed by atoms with van der Waals surface area (Å²) in [4.78, 5) is 17.2. The predicted molar refractivity (Wildman–Crippen MR) is 97.3 cm³/mol. The number of fused-ring (bicyclic) bond motifs is 1. The SMILES string of the molecule is COc1ccc(-c2csc3c(=O)n(CC(C)C)cnc23)cc1OC. The van der Waals surface area contributed by atoms with Gasteiger partial charge in [-0.15, -0.1) is 11.3 Å². The molecule has 5 nitrogen and oxygen atoms in total. The maximum absolute atomic E-state index is 12.6. The van der Waals surface area contributed by atoms with Crippen molar-refractivity contribution in [2.24, 2.45) is 5.92 Å². The van der Waals surface area contributed by atoms with Crippen molar-refractivity contribution in [1.82, 2.24) is 9.55 Å². The van der Waals surface area contributed by atoms with Crippen LogP contribution >= 0.6 is 11.3 Å². The van der Waals surface area contributed by atoms with E-state index in [0.717, 1.165) is 16.6 Å². The molecule has 0 aliphatic heterocycles. The zero-order valence-electron chi connectivity index (χ0n) is 14.2. The predicted octanol–water partition coefficient (Wildman–Crippen LogP) is 3.80. The Balaban J connectivity index is 2.12. The van der Waals surface area contributed by atoms with Gasteiger partial charge in [0.25, 0.3) is 5.56 Å². The van der Waals surface area contributed by atoms with Gasteiger partial charge in [0.05, 0.1) is 26.1 Å². The molecule has 0 bridgehead atoms. The Bertz CT molecular complexity index is 928. The molecule has 24 heavy (non-hydrogen) atoms. The molecule has 126 valence electrons. The second-order valence-corrected chi connectivity index (χ2v) is 6.87. The summed E-state index contributed by atoms with van der Waals surface area (Å²) in [7, 11) is 3.21. The van der Waals surface area contributed by atoms with E-state index in [2.05, 4.69) is 18.8 Å². The minimum Gasteiger partial charge on any atom is -0.493 e. The van der Waals surface area contributed by atoms with Crippen LogP contribution in [0.4, 0.5) is 0 Å². The van der Waals surface area contributed by atoms with Crippen molar-refractivity contribution in [2.45, 2.75) is 20.4 Å². The summed E-state index contributed by atoms with van der Waals surface area (Å²) in [6.07, 6.45) is 1.64. The van der Waals surface area contributed by atoms with Gasteiger partial charge in [0, 0.05) is 17.5 Å². The van der Waals surface area contributed by atoms with Gasteiger partial charge in [-0.1, -0.05) is 19.9 Å². The lowest BCUT2D eigenvalue weighted by atomic mass is 10.1. The zero-order valence-corrected chi connectivity index (χ0v) is 15.0. The number of methoxy groups -OCH3 is 2. The van der Waals surface area contributed by atoms with E-state index < -0.39 is 0 Å². The third-order valence-electron chi connectivity index (χ3n) is 3.80.